The van der Waals surface area contributed by atoms with Crippen LogP contribution in [-0.4, -0.2) is 15.1 Å². The van der Waals surface area contributed by atoms with Crippen LogP contribution in [0.3, 0.4) is 0 Å². The van der Waals surface area contributed by atoms with Crippen molar-refractivity contribution in [3.8, 4) is 11.6 Å². The van der Waals surface area contributed by atoms with Crippen LogP contribution in [0.4, 0.5) is 5.69 Å². The van der Waals surface area contributed by atoms with Crippen molar-refractivity contribution in [3.05, 3.63) is 76.5 Å². The van der Waals surface area contributed by atoms with Gasteiger partial charge in [0.15, 0.2) is 9.92 Å². The van der Waals surface area contributed by atoms with E-state index in [2.05, 4.69) is 9.71 Å². The van der Waals surface area contributed by atoms with E-state index in [1.807, 2.05) is 53.7 Å². The molecule has 8 heteroatoms. The lowest BCUT2D eigenvalue weighted by Crippen LogP contribution is -2.30. The fourth-order valence-electron chi connectivity index (χ4n) is 3.47. The quantitative estimate of drug-likeness (QED) is 0.433. The first-order valence-electron chi connectivity index (χ1n) is 10.5. The number of amides is 1. The Labute approximate surface area is 195 Å². The molecule has 0 radical (unpaired) electrons. The fourth-order valence-corrected chi connectivity index (χ4v) is 4.53. The zero-order valence-corrected chi connectivity index (χ0v) is 20.6. The molecule has 3 rings (SSSR count). The average molecular weight is 467 g/mol. The van der Waals surface area contributed by atoms with Gasteiger partial charge in [0.1, 0.15) is 11.3 Å². The summed E-state index contributed by atoms with van der Waals surface area (Å²) in [4.78, 5) is 17.9. The molecule has 4 N–H and O–H groups in total. The van der Waals surface area contributed by atoms with E-state index in [-0.39, 0.29) is 21.8 Å². The number of nitrogens with two attached hydrogens (primary N) is 1. The summed E-state index contributed by atoms with van der Waals surface area (Å²) in [6, 6.07) is 13.4. The number of aryl methyl sites for hydroxylation is 3. The number of carbonyl (C=O) groups is 1. The number of pyridine rings is 1. The highest BCUT2D eigenvalue weighted by Crippen LogP contribution is 2.33. The van der Waals surface area contributed by atoms with E-state index in [1.165, 1.54) is 12.1 Å². The van der Waals surface area contributed by atoms with E-state index < -0.39 is 15.8 Å². The standard InChI is InChI=1S/C25H30N4O3S/c1-15-12-16(2)22(17(3)13-15)32-24-20(10-11-21(28-24)25(4,5)6)23(30)29-33(27,31)19-9-7-8-18(26)14-19/h7-14H,26H2,1-6H3,(H2,27,29,30,31)/t33-/m0/s1. The maximum absolute atomic E-state index is 13.2. The van der Waals surface area contributed by atoms with Gasteiger partial charge in [0.05, 0.1) is 4.90 Å². The van der Waals surface area contributed by atoms with Crippen molar-refractivity contribution in [2.24, 2.45) is 0 Å². The van der Waals surface area contributed by atoms with Crippen molar-refractivity contribution in [1.82, 2.24) is 9.71 Å². The third-order valence-corrected chi connectivity index (χ3v) is 6.49. The van der Waals surface area contributed by atoms with Crippen molar-refractivity contribution in [1.29, 1.82) is 4.78 Å². The zero-order chi connectivity index (χ0) is 24.6. The highest BCUT2D eigenvalue weighted by molar-refractivity contribution is 7.91. The second-order valence-electron chi connectivity index (χ2n) is 9.19. The molecular weight excluding hydrogens is 436 g/mol. The first-order chi connectivity index (χ1) is 15.3. The molecule has 1 amide bonds. The van der Waals surface area contributed by atoms with Gasteiger partial charge in [-0.25, -0.2) is 14.0 Å². The van der Waals surface area contributed by atoms with Crippen LogP contribution < -0.4 is 15.2 Å². The van der Waals surface area contributed by atoms with Gasteiger partial charge in [-0.1, -0.05) is 44.5 Å². The lowest BCUT2D eigenvalue weighted by molar-refractivity contribution is 0.0979. The van der Waals surface area contributed by atoms with Crippen LogP contribution in [0.5, 0.6) is 11.6 Å². The number of ether oxygens (including phenoxy) is 1. The number of anilines is 1. The Hall–Kier alpha value is -3.39. The minimum Gasteiger partial charge on any atom is -0.438 e. The molecule has 0 saturated carbocycles. The normalized spacial score (nSPS) is 13.3. The van der Waals surface area contributed by atoms with E-state index >= 15 is 0 Å². The summed E-state index contributed by atoms with van der Waals surface area (Å²) in [7, 11) is -3.64. The number of benzene rings is 2. The van der Waals surface area contributed by atoms with Gasteiger partial charge in [-0.2, -0.15) is 0 Å². The number of nitrogen functional groups attached to an aromatic ring is 1. The summed E-state index contributed by atoms with van der Waals surface area (Å²) in [5, 5.41) is 0. The number of carbonyl (C=O) groups excluding carboxylic acids is 1. The number of rotatable bonds is 5. The Morgan fingerprint density at radius 2 is 1.70 bits per heavy atom. The molecule has 0 fully saturated rings. The smallest absolute Gasteiger partial charge is 0.269 e. The van der Waals surface area contributed by atoms with Crippen molar-refractivity contribution in [3.63, 3.8) is 0 Å². The molecule has 0 saturated heterocycles. The van der Waals surface area contributed by atoms with Crippen LogP contribution in [0.15, 0.2) is 53.4 Å². The summed E-state index contributed by atoms with van der Waals surface area (Å²) in [6.07, 6.45) is 0. The molecule has 0 aliphatic carbocycles. The topological polar surface area (TPSA) is 118 Å². The van der Waals surface area contributed by atoms with Crippen molar-refractivity contribution in [2.45, 2.75) is 51.9 Å². The molecule has 0 spiro atoms. The Morgan fingerprint density at radius 1 is 1.06 bits per heavy atom. The van der Waals surface area contributed by atoms with Gasteiger partial charge < -0.3 is 10.5 Å². The maximum atomic E-state index is 13.2. The number of nitrogens with zero attached hydrogens (tertiary/aromatic N) is 1. The molecule has 2 aromatic carbocycles. The Balaban J connectivity index is 2.05. The fraction of sp³-hybridized carbons (Fsp3) is 0.280. The predicted octanol–water partition coefficient (Wildman–Crippen LogP) is 5.43. The van der Waals surface area contributed by atoms with Crippen LogP contribution in [0.25, 0.3) is 0 Å². The van der Waals surface area contributed by atoms with Gasteiger partial charge in [-0.3, -0.25) is 9.52 Å². The Bertz CT molecular complexity index is 1300. The average Bonchev–Trinajstić information content (AvgIpc) is 2.69. The number of hydrogen-bond acceptors (Lipinski definition) is 6. The minimum atomic E-state index is -3.64. The molecule has 7 nitrogen and oxygen atoms in total. The molecule has 33 heavy (non-hydrogen) atoms. The monoisotopic (exact) mass is 466 g/mol. The van der Waals surface area contributed by atoms with E-state index in [1.54, 1.807) is 24.3 Å². The van der Waals surface area contributed by atoms with E-state index in [0.717, 1.165) is 22.4 Å². The lowest BCUT2D eigenvalue weighted by atomic mass is 9.91. The van der Waals surface area contributed by atoms with Crippen LogP contribution in [-0.2, 0) is 15.3 Å². The van der Waals surface area contributed by atoms with Crippen LogP contribution in [0.2, 0.25) is 0 Å². The van der Waals surface area contributed by atoms with E-state index in [0.29, 0.717) is 11.4 Å². The molecule has 1 heterocycles. The number of aromatic nitrogens is 1. The summed E-state index contributed by atoms with van der Waals surface area (Å²) in [6.45, 7) is 11.9. The maximum Gasteiger partial charge on any atom is 0.269 e. The Morgan fingerprint density at radius 3 is 2.27 bits per heavy atom. The van der Waals surface area contributed by atoms with E-state index in [9.17, 15) is 9.00 Å². The summed E-state index contributed by atoms with van der Waals surface area (Å²) in [5.74, 6) is -0.0174. The third-order valence-electron chi connectivity index (χ3n) is 5.10. The second kappa shape index (κ2) is 8.86. The minimum absolute atomic E-state index is 0.0891. The molecule has 0 unspecified atom stereocenters. The van der Waals surface area contributed by atoms with Crippen molar-refractivity contribution >= 4 is 21.5 Å². The molecule has 3 aromatic rings. The van der Waals surface area contributed by atoms with Crippen LogP contribution >= 0.6 is 0 Å². The van der Waals surface area contributed by atoms with Gasteiger partial charge >= 0.3 is 0 Å². The molecule has 0 aliphatic rings. The lowest BCUT2D eigenvalue weighted by Gasteiger charge is -2.21. The van der Waals surface area contributed by atoms with Crippen LogP contribution in [0, 0.1) is 25.6 Å². The molecular formula is C25H30N4O3S. The SMILES string of the molecule is Cc1cc(C)c(Oc2nc(C(C)(C)C)ccc2C(=O)N[S@](=N)(=O)c2cccc(N)c2)c(C)c1. The Kier molecular flexibility index (Phi) is 6.51. The zero-order valence-electron chi connectivity index (χ0n) is 19.8. The third kappa shape index (κ3) is 5.51. The second-order valence-corrected chi connectivity index (χ2v) is 11.0. The molecule has 0 bridgehead atoms. The van der Waals surface area contributed by atoms with Gasteiger partial charge in [-0.15, -0.1) is 0 Å². The highest BCUT2D eigenvalue weighted by atomic mass is 32.2. The molecule has 0 aliphatic heterocycles. The van der Waals surface area contributed by atoms with Crippen molar-refractivity contribution < 1.29 is 13.7 Å². The summed E-state index contributed by atoms with van der Waals surface area (Å²) >= 11 is 0. The largest absolute Gasteiger partial charge is 0.438 e. The van der Waals surface area contributed by atoms with Crippen molar-refractivity contribution in [2.75, 3.05) is 5.73 Å². The highest BCUT2D eigenvalue weighted by Gasteiger charge is 2.24. The first kappa shape index (κ1) is 24.3. The van der Waals surface area contributed by atoms with Crippen LogP contribution in [0.1, 0.15) is 53.5 Å². The van der Waals surface area contributed by atoms with Gasteiger partial charge in [0.25, 0.3) is 5.91 Å². The predicted molar refractivity (Wildman–Crippen MR) is 131 cm³/mol. The first-order valence-corrected chi connectivity index (χ1v) is 12.1. The van der Waals surface area contributed by atoms with E-state index in [4.69, 9.17) is 15.3 Å². The molecule has 174 valence electrons. The number of nitrogens with one attached hydrogen (secondary N) is 2. The summed E-state index contributed by atoms with van der Waals surface area (Å²) in [5.41, 5.74) is 9.56. The molecule has 1 aromatic heterocycles. The van der Waals surface area contributed by atoms with Gasteiger partial charge in [0, 0.05) is 16.8 Å². The summed E-state index contributed by atoms with van der Waals surface area (Å²) < 4.78 is 29.7. The van der Waals surface area contributed by atoms with Gasteiger partial charge in [0.2, 0.25) is 5.88 Å². The van der Waals surface area contributed by atoms with Gasteiger partial charge in [-0.05, 0) is 62.2 Å². The molecule has 1 atom stereocenters. The number of hydrogen-bond donors (Lipinski definition) is 3.